The van der Waals surface area contributed by atoms with Crippen molar-refractivity contribution in [1.29, 1.82) is 0 Å². The fraction of sp³-hybridized carbons (Fsp3) is 0.211. The fourth-order valence-electron chi connectivity index (χ4n) is 2.21. The second-order valence-electron chi connectivity index (χ2n) is 5.71. The molecule has 0 aliphatic heterocycles. The molecule has 7 nitrogen and oxygen atoms in total. The second-order valence-corrected chi connectivity index (χ2v) is 6.87. The van der Waals surface area contributed by atoms with Gasteiger partial charge in [0, 0.05) is 18.5 Å². The van der Waals surface area contributed by atoms with E-state index in [4.69, 9.17) is 4.74 Å². The SMILES string of the molecule is COc1cc(/C=N/NC(=O)CCC(=O)Nc2ccccc2C)cc(I)c1O. The highest BCUT2D eigenvalue weighted by Crippen LogP contribution is 2.31. The lowest BCUT2D eigenvalue weighted by molar-refractivity contribution is -0.124. The van der Waals surface area contributed by atoms with Crippen molar-refractivity contribution in [3.8, 4) is 11.5 Å². The van der Waals surface area contributed by atoms with Crippen molar-refractivity contribution in [2.45, 2.75) is 19.8 Å². The van der Waals surface area contributed by atoms with Crippen molar-refractivity contribution in [3.63, 3.8) is 0 Å². The van der Waals surface area contributed by atoms with Gasteiger partial charge < -0.3 is 15.2 Å². The number of rotatable bonds is 7. The molecule has 0 spiro atoms. The number of aromatic hydroxyl groups is 1. The molecule has 2 aromatic rings. The average Bonchev–Trinajstić information content (AvgIpc) is 2.64. The van der Waals surface area contributed by atoms with Gasteiger partial charge in [-0.3, -0.25) is 9.59 Å². The molecular formula is C19H20IN3O4. The van der Waals surface area contributed by atoms with Gasteiger partial charge in [-0.25, -0.2) is 5.43 Å². The summed E-state index contributed by atoms with van der Waals surface area (Å²) < 4.78 is 5.67. The zero-order chi connectivity index (χ0) is 19.8. The van der Waals surface area contributed by atoms with Crippen molar-refractivity contribution in [1.82, 2.24) is 5.43 Å². The summed E-state index contributed by atoms with van der Waals surface area (Å²) in [6.07, 6.45) is 1.52. The van der Waals surface area contributed by atoms with Crippen LogP contribution in [0, 0.1) is 10.5 Å². The Balaban J connectivity index is 1.82. The standard InChI is InChI=1S/C19H20IN3O4/c1-12-5-3-4-6-15(12)22-17(24)7-8-18(25)23-21-11-13-9-14(20)19(26)16(10-13)27-2/h3-6,9-11,26H,7-8H2,1-2H3,(H,22,24)(H,23,25)/b21-11+. The van der Waals surface area contributed by atoms with Gasteiger partial charge in [0.05, 0.1) is 16.9 Å². The molecule has 2 aromatic carbocycles. The van der Waals surface area contributed by atoms with Gasteiger partial charge in [0.25, 0.3) is 0 Å². The third kappa shape index (κ3) is 6.24. The number of hydrazone groups is 1. The lowest BCUT2D eigenvalue weighted by Crippen LogP contribution is -2.20. The smallest absolute Gasteiger partial charge is 0.240 e. The van der Waals surface area contributed by atoms with E-state index in [-0.39, 0.29) is 30.4 Å². The lowest BCUT2D eigenvalue weighted by Gasteiger charge is -2.07. The largest absolute Gasteiger partial charge is 0.504 e. The monoisotopic (exact) mass is 481 g/mol. The molecule has 142 valence electrons. The summed E-state index contributed by atoms with van der Waals surface area (Å²) in [4.78, 5) is 23.8. The predicted molar refractivity (Wildman–Crippen MR) is 112 cm³/mol. The van der Waals surface area contributed by atoms with Crippen LogP contribution in [0.4, 0.5) is 5.69 Å². The van der Waals surface area contributed by atoms with E-state index in [0.717, 1.165) is 11.3 Å². The molecule has 2 amide bonds. The summed E-state index contributed by atoms with van der Waals surface area (Å²) in [7, 11) is 1.45. The Morgan fingerprint density at radius 2 is 1.93 bits per heavy atom. The van der Waals surface area contributed by atoms with Crippen LogP contribution in [-0.4, -0.2) is 30.2 Å². The van der Waals surface area contributed by atoms with Crippen LogP contribution in [0.25, 0.3) is 0 Å². The number of aryl methyl sites for hydroxylation is 1. The van der Waals surface area contributed by atoms with Crippen molar-refractivity contribution in [2.75, 3.05) is 12.4 Å². The van der Waals surface area contributed by atoms with Crippen LogP contribution in [0.15, 0.2) is 41.5 Å². The number of phenolic OH excluding ortho intramolecular Hbond substituents is 1. The number of hydrogen-bond donors (Lipinski definition) is 3. The molecule has 0 fully saturated rings. The molecule has 0 saturated carbocycles. The Hall–Kier alpha value is -2.62. The quantitative estimate of drug-likeness (QED) is 0.321. The van der Waals surface area contributed by atoms with E-state index in [1.54, 1.807) is 12.1 Å². The first-order valence-electron chi connectivity index (χ1n) is 8.14. The van der Waals surface area contributed by atoms with Crippen molar-refractivity contribution in [2.24, 2.45) is 5.10 Å². The molecule has 0 aliphatic rings. The van der Waals surface area contributed by atoms with Crippen LogP contribution in [0.3, 0.4) is 0 Å². The van der Waals surface area contributed by atoms with E-state index < -0.39 is 0 Å². The van der Waals surface area contributed by atoms with E-state index in [1.165, 1.54) is 13.3 Å². The maximum atomic E-state index is 11.9. The predicted octanol–water partition coefficient (Wildman–Crippen LogP) is 3.18. The number of amides is 2. The van der Waals surface area contributed by atoms with Crippen molar-refractivity contribution in [3.05, 3.63) is 51.1 Å². The molecule has 0 radical (unpaired) electrons. The maximum absolute atomic E-state index is 11.9. The van der Waals surface area contributed by atoms with Crippen LogP contribution in [0.1, 0.15) is 24.0 Å². The van der Waals surface area contributed by atoms with Gasteiger partial charge >= 0.3 is 0 Å². The summed E-state index contributed by atoms with van der Waals surface area (Å²) in [5.74, 6) is -0.227. The summed E-state index contributed by atoms with van der Waals surface area (Å²) in [5, 5.41) is 16.4. The van der Waals surface area contributed by atoms with Crippen LogP contribution in [0.5, 0.6) is 11.5 Å². The molecule has 0 unspecified atom stereocenters. The van der Waals surface area contributed by atoms with Crippen LogP contribution >= 0.6 is 22.6 Å². The van der Waals surface area contributed by atoms with E-state index in [1.807, 2.05) is 53.8 Å². The molecule has 27 heavy (non-hydrogen) atoms. The topological polar surface area (TPSA) is 100 Å². The number of methoxy groups -OCH3 is 1. The van der Waals surface area contributed by atoms with E-state index in [0.29, 0.717) is 14.9 Å². The molecule has 8 heteroatoms. The van der Waals surface area contributed by atoms with Gasteiger partial charge in [-0.05, 0) is 58.8 Å². The number of halogens is 1. The number of hydrogen-bond acceptors (Lipinski definition) is 5. The van der Waals surface area contributed by atoms with E-state index in [2.05, 4.69) is 15.8 Å². The van der Waals surface area contributed by atoms with Crippen LogP contribution in [0.2, 0.25) is 0 Å². The molecule has 0 atom stereocenters. The highest BCUT2D eigenvalue weighted by molar-refractivity contribution is 14.1. The van der Waals surface area contributed by atoms with Crippen LogP contribution in [-0.2, 0) is 9.59 Å². The van der Waals surface area contributed by atoms with Gasteiger partial charge in [-0.15, -0.1) is 0 Å². The number of para-hydroxylation sites is 1. The Labute approximate surface area is 171 Å². The summed E-state index contributed by atoms with van der Waals surface area (Å²) in [5.41, 5.74) is 4.73. The minimum absolute atomic E-state index is 0.0193. The van der Waals surface area contributed by atoms with E-state index in [9.17, 15) is 14.7 Å². The first-order chi connectivity index (χ1) is 12.9. The molecule has 2 rings (SSSR count). The average molecular weight is 481 g/mol. The number of nitrogens with zero attached hydrogens (tertiary/aromatic N) is 1. The fourth-order valence-corrected chi connectivity index (χ4v) is 2.84. The summed E-state index contributed by atoms with van der Waals surface area (Å²) in [6, 6.07) is 10.7. The molecule has 0 aromatic heterocycles. The Bertz CT molecular complexity index is 868. The normalized spacial score (nSPS) is 10.6. The zero-order valence-corrected chi connectivity index (χ0v) is 17.1. The first kappa shape index (κ1) is 20.7. The van der Waals surface area contributed by atoms with Gasteiger partial charge in [0.15, 0.2) is 11.5 Å². The lowest BCUT2D eigenvalue weighted by atomic mass is 10.2. The molecule has 3 N–H and O–H groups in total. The number of anilines is 1. The zero-order valence-electron chi connectivity index (χ0n) is 15.0. The number of phenols is 1. The maximum Gasteiger partial charge on any atom is 0.240 e. The molecule has 0 heterocycles. The van der Waals surface area contributed by atoms with Gasteiger partial charge in [0.2, 0.25) is 11.8 Å². The second kappa shape index (κ2) is 9.91. The Morgan fingerprint density at radius 3 is 2.63 bits per heavy atom. The molecule has 0 saturated heterocycles. The Morgan fingerprint density at radius 1 is 1.22 bits per heavy atom. The first-order valence-corrected chi connectivity index (χ1v) is 9.22. The number of nitrogens with one attached hydrogen (secondary N) is 2. The molecule has 0 bridgehead atoms. The summed E-state index contributed by atoms with van der Waals surface area (Å²) >= 11 is 1.97. The third-order valence-corrected chi connectivity index (χ3v) is 4.49. The number of carbonyl (C=O) groups is 2. The van der Waals surface area contributed by atoms with Crippen molar-refractivity contribution >= 4 is 46.3 Å². The molecular weight excluding hydrogens is 461 g/mol. The highest BCUT2D eigenvalue weighted by atomic mass is 127. The van der Waals surface area contributed by atoms with Crippen LogP contribution < -0.4 is 15.5 Å². The van der Waals surface area contributed by atoms with Gasteiger partial charge in [0.1, 0.15) is 0 Å². The van der Waals surface area contributed by atoms with Crippen molar-refractivity contribution < 1.29 is 19.4 Å². The minimum Gasteiger partial charge on any atom is -0.504 e. The minimum atomic E-state index is -0.369. The summed E-state index contributed by atoms with van der Waals surface area (Å²) in [6.45, 7) is 1.90. The third-order valence-electron chi connectivity index (χ3n) is 3.67. The molecule has 0 aliphatic carbocycles. The van der Waals surface area contributed by atoms with E-state index >= 15 is 0 Å². The van der Waals surface area contributed by atoms with Gasteiger partial charge in [-0.1, -0.05) is 18.2 Å². The highest BCUT2D eigenvalue weighted by Gasteiger charge is 2.09. The number of benzene rings is 2. The van der Waals surface area contributed by atoms with Gasteiger partial charge in [-0.2, -0.15) is 5.10 Å². The Kier molecular flexibility index (Phi) is 7.59. The number of ether oxygens (including phenoxy) is 1. The number of carbonyl (C=O) groups excluding carboxylic acids is 2.